The fraction of sp³-hybridized carbons (Fsp3) is 0.154. The van der Waals surface area contributed by atoms with Crippen molar-refractivity contribution in [3.63, 3.8) is 0 Å². The maximum atomic E-state index is 5.98. The Bertz CT molecular complexity index is 676. The number of imidazole rings is 1. The Kier molecular flexibility index (Phi) is 2.97. The van der Waals surface area contributed by atoms with Gasteiger partial charge in [-0.2, -0.15) is 11.3 Å². The molecule has 18 heavy (non-hydrogen) atoms. The number of hydrogen-bond donors (Lipinski definition) is 0. The highest BCUT2D eigenvalue weighted by atomic mass is 35.5. The second-order valence-corrected chi connectivity index (χ2v) is 4.88. The zero-order valence-electron chi connectivity index (χ0n) is 9.76. The van der Waals surface area contributed by atoms with Crippen molar-refractivity contribution in [2.75, 3.05) is 7.11 Å². The van der Waals surface area contributed by atoms with Gasteiger partial charge in [0.25, 0.3) is 0 Å². The zero-order valence-corrected chi connectivity index (χ0v) is 11.3. The standard InChI is InChI=1S/C13H11ClN2OS/c1-17-10-2-3-12-11(6-10)15-13(7-14)16(12)9-4-5-18-8-9/h2-6,8H,7H2,1H3. The molecule has 0 unspecified atom stereocenters. The summed E-state index contributed by atoms with van der Waals surface area (Å²) in [6.45, 7) is 0. The summed E-state index contributed by atoms with van der Waals surface area (Å²) in [6.07, 6.45) is 0. The molecule has 0 N–H and O–H groups in total. The summed E-state index contributed by atoms with van der Waals surface area (Å²) in [5.74, 6) is 2.03. The van der Waals surface area contributed by atoms with Crippen LogP contribution >= 0.6 is 22.9 Å². The van der Waals surface area contributed by atoms with E-state index in [1.165, 1.54) is 0 Å². The van der Waals surface area contributed by atoms with Gasteiger partial charge in [-0.1, -0.05) is 0 Å². The lowest BCUT2D eigenvalue weighted by Gasteiger charge is -2.05. The van der Waals surface area contributed by atoms with Crippen LogP contribution in [-0.2, 0) is 5.88 Å². The molecule has 0 spiro atoms. The van der Waals surface area contributed by atoms with Gasteiger partial charge in [0, 0.05) is 11.4 Å². The van der Waals surface area contributed by atoms with E-state index in [1.807, 2.05) is 23.6 Å². The summed E-state index contributed by atoms with van der Waals surface area (Å²) < 4.78 is 7.30. The van der Waals surface area contributed by atoms with Crippen molar-refractivity contribution in [2.24, 2.45) is 0 Å². The molecule has 0 bridgehead atoms. The summed E-state index contributed by atoms with van der Waals surface area (Å²) in [7, 11) is 1.65. The second-order valence-electron chi connectivity index (χ2n) is 3.83. The summed E-state index contributed by atoms with van der Waals surface area (Å²) in [5, 5.41) is 4.13. The number of benzene rings is 1. The maximum Gasteiger partial charge on any atom is 0.129 e. The van der Waals surface area contributed by atoms with Gasteiger partial charge in [0.2, 0.25) is 0 Å². The molecule has 0 saturated carbocycles. The molecule has 0 aliphatic heterocycles. The van der Waals surface area contributed by atoms with Gasteiger partial charge < -0.3 is 4.74 Å². The number of fused-ring (bicyclic) bond motifs is 1. The van der Waals surface area contributed by atoms with E-state index in [0.29, 0.717) is 5.88 Å². The Hall–Kier alpha value is -1.52. The molecule has 0 fully saturated rings. The molecule has 92 valence electrons. The first kappa shape index (κ1) is 11.6. The monoisotopic (exact) mass is 278 g/mol. The van der Waals surface area contributed by atoms with Crippen molar-refractivity contribution < 1.29 is 4.74 Å². The van der Waals surface area contributed by atoms with Crippen molar-refractivity contribution >= 4 is 34.0 Å². The Morgan fingerprint density at radius 2 is 2.28 bits per heavy atom. The quantitative estimate of drug-likeness (QED) is 0.681. The molecule has 0 aliphatic carbocycles. The number of ether oxygens (including phenoxy) is 1. The minimum atomic E-state index is 0.382. The molecular weight excluding hydrogens is 268 g/mol. The van der Waals surface area contributed by atoms with Crippen LogP contribution in [0.25, 0.3) is 16.7 Å². The van der Waals surface area contributed by atoms with Crippen LogP contribution in [0.5, 0.6) is 5.75 Å². The third-order valence-electron chi connectivity index (χ3n) is 2.81. The van der Waals surface area contributed by atoms with Crippen LogP contribution in [0.3, 0.4) is 0 Å². The van der Waals surface area contributed by atoms with E-state index in [2.05, 4.69) is 21.0 Å². The van der Waals surface area contributed by atoms with E-state index in [1.54, 1.807) is 18.4 Å². The second kappa shape index (κ2) is 4.63. The molecule has 2 aromatic heterocycles. The highest BCUT2D eigenvalue weighted by molar-refractivity contribution is 7.08. The molecule has 2 heterocycles. The Balaban J connectivity index is 2.29. The Labute approximate surface area is 114 Å². The lowest BCUT2D eigenvalue weighted by Crippen LogP contribution is -1.97. The van der Waals surface area contributed by atoms with Gasteiger partial charge in [-0.05, 0) is 23.6 Å². The van der Waals surface area contributed by atoms with Gasteiger partial charge in [0.15, 0.2) is 0 Å². The maximum absolute atomic E-state index is 5.98. The topological polar surface area (TPSA) is 27.1 Å². The molecular formula is C13H11ClN2OS. The minimum absolute atomic E-state index is 0.382. The summed E-state index contributed by atoms with van der Waals surface area (Å²) in [6, 6.07) is 7.93. The number of halogens is 1. The first-order valence-electron chi connectivity index (χ1n) is 5.47. The number of methoxy groups -OCH3 is 1. The molecule has 0 saturated heterocycles. The number of nitrogens with zero attached hydrogens (tertiary/aromatic N) is 2. The highest BCUT2D eigenvalue weighted by Crippen LogP contribution is 2.26. The van der Waals surface area contributed by atoms with E-state index in [-0.39, 0.29) is 0 Å². The predicted molar refractivity (Wildman–Crippen MR) is 75.1 cm³/mol. The molecule has 0 amide bonds. The first-order chi connectivity index (χ1) is 8.83. The third kappa shape index (κ3) is 1.78. The molecule has 1 aromatic carbocycles. The summed E-state index contributed by atoms with van der Waals surface area (Å²) in [4.78, 5) is 4.55. The fourth-order valence-electron chi connectivity index (χ4n) is 2.00. The molecule has 3 aromatic rings. The van der Waals surface area contributed by atoms with Crippen molar-refractivity contribution in [2.45, 2.75) is 5.88 Å². The molecule has 0 radical (unpaired) electrons. The van der Waals surface area contributed by atoms with Crippen LogP contribution < -0.4 is 4.74 Å². The van der Waals surface area contributed by atoms with Gasteiger partial charge >= 0.3 is 0 Å². The van der Waals surface area contributed by atoms with Crippen LogP contribution in [0.15, 0.2) is 35.0 Å². The van der Waals surface area contributed by atoms with Crippen LogP contribution in [0, 0.1) is 0 Å². The minimum Gasteiger partial charge on any atom is -0.497 e. The van der Waals surface area contributed by atoms with Gasteiger partial charge in [0.1, 0.15) is 11.6 Å². The lowest BCUT2D eigenvalue weighted by atomic mass is 10.3. The van der Waals surface area contributed by atoms with E-state index in [9.17, 15) is 0 Å². The normalized spacial score (nSPS) is 11.0. The van der Waals surface area contributed by atoms with Crippen molar-refractivity contribution in [3.05, 3.63) is 40.8 Å². The van der Waals surface area contributed by atoms with Gasteiger partial charge in [-0.15, -0.1) is 11.6 Å². The van der Waals surface area contributed by atoms with E-state index in [4.69, 9.17) is 16.3 Å². The van der Waals surface area contributed by atoms with E-state index < -0.39 is 0 Å². The Morgan fingerprint density at radius 1 is 1.39 bits per heavy atom. The summed E-state index contributed by atoms with van der Waals surface area (Å²) >= 11 is 7.64. The number of hydrogen-bond acceptors (Lipinski definition) is 3. The van der Waals surface area contributed by atoms with Crippen LogP contribution in [-0.4, -0.2) is 16.7 Å². The molecule has 3 nitrogen and oxygen atoms in total. The van der Waals surface area contributed by atoms with Crippen LogP contribution in [0.4, 0.5) is 0 Å². The average Bonchev–Trinajstić information content (AvgIpc) is 3.03. The molecule has 0 atom stereocenters. The number of rotatable bonds is 3. The van der Waals surface area contributed by atoms with Crippen molar-refractivity contribution in [1.29, 1.82) is 0 Å². The fourth-order valence-corrected chi connectivity index (χ4v) is 2.80. The van der Waals surface area contributed by atoms with Gasteiger partial charge in [-0.25, -0.2) is 4.98 Å². The number of alkyl halides is 1. The Morgan fingerprint density at radius 3 is 2.94 bits per heavy atom. The molecule has 0 aliphatic rings. The summed E-state index contributed by atoms with van der Waals surface area (Å²) in [5.41, 5.74) is 3.05. The zero-order chi connectivity index (χ0) is 12.5. The number of thiophene rings is 1. The van der Waals surface area contributed by atoms with Gasteiger partial charge in [-0.3, -0.25) is 4.57 Å². The molecule has 3 rings (SSSR count). The third-order valence-corrected chi connectivity index (χ3v) is 3.72. The smallest absolute Gasteiger partial charge is 0.129 e. The SMILES string of the molecule is COc1ccc2c(c1)nc(CCl)n2-c1ccsc1. The first-order valence-corrected chi connectivity index (χ1v) is 6.95. The largest absolute Gasteiger partial charge is 0.497 e. The average molecular weight is 279 g/mol. The molecule has 5 heteroatoms. The van der Waals surface area contributed by atoms with E-state index in [0.717, 1.165) is 28.3 Å². The van der Waals surface area contributed by atoms with Crippen LogP contribution in [0.1, 0.15) is 5.82 Å². The number of aromatic nitrogens is 2. The predicted octanol–water partition coefficient (Wildman–Crippen LogP) is 3.83. The lowest BCUT2D eigenvalue weighted by molar-refractivity contribution is 0.415. The van der Waals surface area contributed by atoms with E-state index >= 15 is 0 Å². The van der Waals surface area contributed by atoms with Crippen LogP contribution in [0.2, 0.25) is 0 Å². The van der Waals surface area contributed by atoms with Gasteiger partial charge in [0.05, 0.1) is 29.7 Å². The van der Waals surface area contributed by atoms with Crippen molar-refractivity contribution in [1.82, 2.24) is 9.55 Å². The highest BCUT2D eigenvalue weighted by Gasteiger charge is 2.12. The van der Waals surface area contributed by atoms with Crippen molar-refractivity contribution in [3.8, 4) is 11.4 Å².